The highest BCUT2D eigenvalue weighted by Crippen LogP contribution is 2.41. The minimum Gasteiger partial charge on any atom is -0.196 e. The standard InChI is InChI=1S/C19H22NS/c1-13(2)18-15-9-5-6-11-17(15)21-19(18)16-10-7-8-12-20(16)14(3)4/h5-14H,1-4H3/q+1. The third-order valence-corrected chi connectivity index (χ3v) is 5.10. The quantitative estimate of drug-likeness (QED) is 0.557. The van der Waals surface area contributed by atoms with Crippen LogP contribution < -0.4 is 4.57 Å². The molecule has 21 heavy (non-hydrogen) atoms. The highest BCUT2D eigenvalue weighted by molar-refractivity contribution is 7.22. The van der Waals surface area contributed by atoms with Crippen LogP contribution in [-0.4, -0.2) is 0 Å². The summed E-state index contributed by atoms with van der Waals surface area (Å²) in [5.74, 6) is 0.525. The fourth-order valence-electron chi connectivity index (χ4n) is 2.93. The summed E-state index contributed by atoms with van der Waals surface area (Å²) in [5, 5.41) is 1.41. The summed E-state index contributed by atoms with van der Waals surface area (Å²) < 4.78 is 3.76. The number of pyridine rings is 1. The van der Waals surface area contributed by atoms with E-state index in [2.05, 4.69) is 80.9 Å². The van der Waals surface area contributed by atoms with Crippen molar-refractivity contribution in [3.05, 3.63) is 54.2 Å². The van der Waals surface area contributed by atoms with Gasteiger partial charge in [0.1, 0.15) is 4.88 Å². The lowest BCUT2D eigenvalue weighted by Gasteiger charge is -2.10. The highest BCUT2D eigenvalue weighted by atomic mass is 32.1. The van der Waals surface area contributed by atoms with E-state index in [9.17, 15) is 0 Å². The first-order valence-corrected chi connectivity index (χ1v) is 8.43. The summed E-state index contributed by atoms with van der Waals surface area (Å²) in [4.78, 5) is 1.42. The van der Waals surface area contributed by atoms with Gasteiger partial charge in [-0.3, -0.25) is 0 Å². The average Bonchev–Trinajstić information content (AvgIpc) is 2.86. The third-order valence-electron chi connectivity index (χ3n) is 3.89. The molecule has 1 aromatic carbocycles. The molecule has 0 bridgehead atoms. The van der Waals surface area contributed by atoms with E-state index in [0.29, 0.717) is 12.0 Å². The second kappa shape index (κ2) is 5.61. The number of aromatic nitrogens is 1. The molecular weight excluding hydrogens is 274 g/mol. The Balaban J connectivity index is 2.33. The van der Waals surface area contributed by atoms with Crippen LogP contribution in [0.5, 0.6) is 0 Å². The minimum absolute atomic E-state index is 0.464. The molecule has 0 saturated carbocycles. The average molecular weight is 296 g/mol. The van der Waals surface area contributed by atoms with Gasteiger partial charge < -0.3 is 0 Å². The van der Waals surface area contributed by atoms with Gasteiger partial charge in [0.15, 0.2) is 12.2 Å². The maximum atomic E-state index is 2.37. The fourth-order valence-corrected chi connectivity index (χ4v) is 4.32. The largest absolute Gasteiger partial charge is 0.223 e. The number of rotatable bonds is 3. The minimum atomic E-state index is 0.464. The molecule has 0 unspecified atom stereocenters. The second-order valence-electron chi connectivity index (χ2n) is 6.08. The van der Waals surface area contributed by atoms with Crippen molar-refractivity contribution in [2.24, 2.45) is 0 Å². The molecule has 0 aliphatic carbocycles. The van der Waals surface area contributed by atoms with Crippen LogP contribution in [0.15, 0.2) is 48.7 Å². The first-order valence-electron chi connectivity index (χ1n) is 7.61. The molecular formula is C19H22NS+. The Bertz CT molecular complexity index is 768. The summed E-state index contributed by atoms with van der Waals surface area (Å²) in [5.41, 5.74) is 2.81. The van der Waals surface area contributed by atoms with E-state index in [-0.39, 0.29) is 0 Å². The van der Waals surface area contributed by atoms with Crippen molar-refractivity contribution < 1.29 is 4.57 Å². The number of hydrogen-bond donors (Lipinski definition) is 0. The van der Waals surface area contributed by atoms with E-state index in [4.69, 9.17) is 0 Å². The molecule has 2 heteroatoms. The molecule has 0 aliphatic heterocycles. The van der Waals surface area contributed by atoms with E-state index in [1.165, 1.54) is 26.2 Å². The molecule has 0 aliphatic rings. The van der Waals surface area contributed by atoms with Crippen LogP contribution in [0.25, 0.3) is 20.7 Å². The van der Waals surface area contributed by atoms with Gasteiger partial charge in [0, 0.05) is 16.8 Å². The molecule has 2 heterocycles. The van der Waals surface area contributed by atoms with Crippen molar-refractivity contribution in [3.8, 4) is 10.6 Å². The zero-order chi connectivity index (χ0) is 15.0. The van der Waals surface area contributed by atoms with Gasteiger partial charge in [-0.1, -0.05) is 32.0 Å². The van der Waals surface area contributed by atoms with Crippen LogP contribution in [0.2, 0.25) is 0 Å². The Morgan fingerprint density at radius 1 is 0.905 bits per heavy atom. The zero-order valence-corrected chi connectivity index (χ0v) is 13.9. The molecule has 108 valence electrons. The number of nitrogens with zero attached hydrogens (tertiary/aromatic N) is 1. The monoisotopic (exact) mass is 296 g/mol. The highest BCUT2D eigenvalue weighted by Gasteiger charge is 2.23. The van der Waals surface area contributed by atoms with Gasteiger partial charge in [0.2, 0.25) is 5.69 Å². The van der Waals surface area contributed by atoms with Crippen LogP contribution in [0, 0.1) is 0 Å². The Morgan fingerprint density at radius 2 is 1.62 bits per heavy atom. The first kappa shape index (κ1) is 14.3. The summed E-state index contributed by atoms with van der Waals surface area (Å²) in [6.07, 6.45) is 2.19. The van der Waals surface area contributed by atoms with Gasteiger partial charge in [-0.15, -0.1) is 11.3 Å². The Labute approximate surface area is 130 Å². The molecule has 0 amide bonds. The number of benzene rings is 1. The Kier molecular flexibility index (Phi) is 3.81. The molecule has 0 saturated heterocycles. The predicted octanol–water partition coefficient (Wildman–Crippen LogP) is 5.56. The maximum Gasteiger partial charge on any atom is 0.223 e. The van der Waals surface area contributed by atoms with E-state index in [1.54, 1.807) is 0 Å². The molecule has 2 aromatic heterocycles. The molecule has 0 radical (unpaired) electrons. The fraction of sp³-hybridized carbons (Fsp3) is 0.316. The van der Waals surface area contributed by atoms with Crippen LogP contribution in [0.4, 0.5) is 0 Å². The van der Waals surface area contributed by atoms with Gasteiger partial charge in [-0.05, 0) is 42.8 Å². The molecule has 0 N–H and O–H groups in total. The Hall–Kier alpha value is -1.67. The van der Waals surface area contributed by atoms with Crippen LogP contribution in [0.1, 0.15) is 45.2 Å². The predicted molar refractivity (Wildman–Crippen MR) is 91.9 cm³/mol. The third kappa shape index (κ3) is 2.49. The zero-order valence-electron chi connectivity index (χ0n) is 13.1. The number of thiophene rings is 1. The topological polar surface area (TPSA) is 3.88 Å². The van der Waals surface area contributed by atoms with E-state index < -0.39 is 0 Å². The summed E-state index contributed by atoms with van der Waals surface area (Å²) in [7, 11) is 0. The molecule has 0 spiro atoms. The van der Waals surface area contributed by atoms with Gasteiger partial charge >= 0.3 is 0 Å². The molecule has 3 rings (SSSR count). The van der Waals surface area contributed by atoms with E-state index >= 15 is 0 Å². The van der Waals surface area contributed by atoms with Crippen LogP contribution in [-0.2, 0) is 0 Å². The van der Waals surface area contributed by atoms with Crippen molar-refractivity contribution in [2.75, 3.05) is 0 Å². The van der Waals surface area contributed by atoms with Gasteiger partial charge in [0.05, 0.1) is 0 Å². The smallest absolute Gasteiger partial charge is 0.196 e. The normalized spacial score (nSPS) is 11.7. The number of fused-ring (bicyclic) bond motifs is 1. The second-order valence-corrected chi connectivity index (χ2v) is 7.13. The van der Waals surface area contributed by atoms with Gasteiger partial charge in [0.25, 0.3) is 0 Å². The van der Waals surface area contributed by atoms with Gasteiger partial charge in [-0.25, -0.2) is 0 Å². The summed E-state index contributed by atoms with van der Waals surface area (Å²) in [6.45, 7) is 9.07. The number of hydrogen-bond acceptors (Lipinski definition) is 1. The lowest BCUT2D eigenvalue weighted by Crippen LogP contribution is -2.37. The molecule has 0 atom stereocenters. The Morgan fingerprint density at radius 3 is 2.33 bits per heavy atom. The van der Waals surface area contributed by atoms with Crippen molar-refractivity contribution in [1.29, 1.82) is 0 Å². The van der Waals surface area contributed by atoms with Crippen LogP contribution >= 0.6 is 11.3 Å². The van der Waals surface area contributed by atoms with Crippen molar-refractivity contribution in [2.45, 2.75) is 39.7 Å². The maximum absolute atomic E-state index is 2.37. The van der Waals surface area contributed by atoms with E-state index in [1.807, 2.05) is 11.3 Å². The molecule has 1 nitrogen and oxygen atoms in total. The first-order chi connectivity index (χ1) is 10.1. The van der Waals surface area contributed by atoms with Crippen molar-refractivity contribution >= 4 is 21.4 Å². The van der Waals surface area contributed by atoms with Crippen molar-refractivity contribution in [3.63, 3.8) is 0 Å². The van der Waals surface area contributed by atoms with Crippen molar-refractivity contribution in [1.82, 2.24) is 0 Å². The van der Waals surface area contributed by atoms with E-state index in [0.717, 1.165) is 0 Å². The SMILES string of the molecule is CC(C)c1c(-c2cccc[n+]2C(C)C)sc2ccccc12. The van der Waals surface area contributed by atoms with Crippen LogP contribution in [0.3, 0.4) is 0 Å². The summed E-state index contributed by atoms with van der Waals surface area (Å²) in [6, 6.07) is 15.7. The van der Waals surface area contributed by atoms with Gasteiger partial charge in [-0.2, -0.15) is 4.57 Å². The lowest BCUT2D eigenvalue weighted by molar-refractivity contribution is -0.705. The summed E-state index contributed by atoms with van der Waals surface area (Å²) >= 11 is 1.92. The molecule has 0 fully saturated rings. The molecule has 3 aromatic rings. The lowest BCUT2D eigenvalue weighted by atomic mass is 9.98.